The van der Waals surface area contributed by atoms with Crippen molar-refractivity contribution in [1.82, 2.24) is 14.8 Å². The van der Waals surface area contributed by atoms with Gasteiger partial charge in [0.05, 0.1) is 12.2 Å². The van der Waals surface area contributed by atoms with Gasteiger partial charge in [0.1, 0.15) is 0 Å². The number of thiazole rings is 1. The van der Waals surface area contributed by atoms with Crippen LogP contribution >= 0.6 is 11.3 Å². The summed E-state index contributed by atoms with van der Waals surface area (Å²) in [5.74, 6) is 0.748. The third-order valence-corrected chi connectivity index (χ3v) is 5.62. The standard InChI is InChI=1S/C17H26N4O2S/c1-13-5-8-20(9-6-13)10-14-12-24-17(18-14)19-15(22)11-21-7-3-2-4-16(21)23/h12-13H,2-11H2,1H3,(H,18,19,22). The van der Waals surface area contributed by atoms with E-state index in [2.05, 4.69) is 22.1 Å². The Bertz CT molecular complexity index is 581. The van der Waals surface area contributed by atoms with Crippen LogP contribution in [0.4, 0.5) is 5.13 Å². The van der Waals surface area contributed by atoms with Crippen LogP contribution in [0.15, 0.2) is 5.38 Å². The van der Waals surface area contributed by atoms with E-state index in [9.17, 15) is 9.59 Å². The Morgan fingerprint density at radius 2 is 2.12 bits per heavy atom. The number of rotatable bonds is 5. The summed E-state index contributed by atoms with van der Waals surface area (Å²) < 4.78 is 0. The maximum atomic E-state index is 12.1. The van der Waals surface area contributed by atoms with Crippen LogP contribution in [-0.4, -0.2) is 52.8 Å². The zero-order valence-corrected chi connectivity index (χ0v) is 15.1. The van der Waals surface area contributed by atoms with E-state index < -0.39 is 0 Å². The number of piperidine rings is 2. The van der Waals surface area contributed by atoms with Crippen molar-refractivity contribution in [2.45, 2.75) is 45.6 Å². The molecule has 24 heavy (non-hydrogen) atoms. The smallest absolute Gasteiger partial charge is 0.245 e. The number of nitrogens with zero attached hydrogens (tertiary/aromatic N) is 3. The summed E-state index contributed by atoms with van der Waals surface area (Å²) in [6.45, 7) is 6.22. The molecule has 3 rings (SSSR count). The Kier molecular flexibility index (Phi) is 5.84. The second-order valence-corrected chi connectivity index (χ2v) is 7.78. The number of hydrogen-bond acceptors (Lipinski definition) is 5. The largest absolute Gasteiger partial charge is 0.333 e. The van der Waals surface area contributed by atoms with E-state index in [0.717, 1.165) is 44.1 Å². The van der Waals surface area contributed by atoms with E-state index in [1.807, 2.05) is 5.38 Å². The number of nitrogens with one attached hydrogen (secondary N) is 1. The first-order chi connectivity index (χ1) is 11.6. The van der Waals surface area contributed by atoms with Crippen LogP contribution in [0, 0.1) is 5.92 Å². The third-order valence-electron chi connectivity index (χ3n) is 4.82. The lowest BCUT2D eigenvalue weighted by Crippen LogP contribution is -2.40. The molecule has 2 saturated heterocycles. The summed E-state index contributed by atoms with van der Waals surface area (Å²) in [5, 5.41) is 5.47. The highest BCUT2D eigenvalue weighted by atomic mass is 32.1. The molecule has 1 N–H and O–H groups in total. The molecule has 2 aliphatic rings. The second-order valence-electron chi connectivity index (χ2n) is 6.92. The van der Waals surface area contributed by atoms with E-state index in [4.69, 9.17) is 0 Å². The highest BCUT2D eigenvalue weighted by Crippen LogP contribution is 2.21. The molecule has 0 aromatic carbocycles. The fourth-order valence-corrected chi connectivity index (χ4v) is 3.96. The Hall–Kier alpha value is -1.47. The van der Waals surface area contributed by atoms with E-state index in [-0.39, 0.29) is 18.4 Å². The first kappa shape index (κ1) is 17.4. The van der Waals surface area contributed by atoms with Gasteiger partial charge in [-0.3, -0.25) is 14.5 Å². The lowest BCUT2D eigenvalue weighted by molar-refractivity contribution is -0.136. The molecule has 6 nitrogen and oxygen atoms in total. The van der Waals surface area contributed by atoms with Gasteiger partial charge >= 0.3 is 0 Å². The van der Waals surface area contributed by atoms with Crippen LogP contribution in [0.25, 0.3) is 0 Å². The van der Waals surface area contributed by atoms with Crippen LogP contribution in [-0.2, 0) is 16.1 Å². The average molecular weight is 350 g/mol. The van der Waals surface area contributed by atoms with Gasteiger partial charge in [-0.2, -0.15) is 0 Å². The highest BCUT2D eigenvalue weighted by molar-refractivity contribution is 7.13. The molecule has 132 valence electrons. The summed E-state index contributed by atoms with van der Waals surface area (Å²) in [6, 6.07) is 0. The number of anilines is 1. The molecular formula is C17H26N4O2S. The molecule has 2 amide bonds. The number of carbonyl (C=O) groups excluding carboxylic acids is 2. The van der Waals surface area contributed by atoms with Crippen molar-refractivity contribution in [3.63, 3.8) is 0 Å². The van der Waals surface area contributed by atoms with Crippen LogP contribution in [0.5, 0.6) is 0 Å². The van der Waals surface area contributed by atoms with Gasteiger partial charge in [0.2, 0.25) is 11.8 Å². The zero-order chi connectivity index (χ0) is 16.9. The van der Waals surface area contributed by atoms with Gasteiger partial charge in [-0.1, -0.05) is 6.92 Å². The lowest BCUT2D eigenvalue weighted by atomic mass is 9.99. The highest BCUT2D eigenvalue weighted by Gasteiger charge is 2.21. The van der Waals surface area contributed by atoms with Crippen molar-refractivity contribution in [3.8, 4) is 0 Å². The molecular weight excluding hydrogens is 324 g/mol. The normalized spacial score (nSPS) is 20.4. The van der Waals surface area contributed by atoms with E-state index in [0.29, 0.717) is 18.1 Å². The van der Waals surface area contributed by atoms with Crippen molar-refractivity contribution < 1.29 is 9.59 Å². The molecule has 1 aromatic heterocycles. The number of aromatic nitrogens is 1. The van der Waals surface area contributed by atoms with Crippen LogP contribution in [0.3, 0.4) is 0 Å². The number of carbonyl (C=O) groups is 2. The first-order valence-corrected chi connectivity index (χ1v) is 9.72. The topological polar surface area (TPSA) is 65.5 Å². The first-order valence-electron chi connectivity index (χ1n) is 8.84. The molecule has 0 spiro atoms. The van der Waals surface area contributed by atoms with Gasteiger partial charge in [-0.25, -0.2) is 4.98 Å². The Labute approximate surface area is 147 Å². The maximum absolute atomic E-state index is 12.1. The van der Waals surface area contributed by atoms with Crippen LogP contribution < -0.4 is 5.32 Å². The molecule has 0 atom stereocenters. The summed E-state index contributed by atoms with van der Waals surface area (Å²) in [6.07, 6.45) is 4.97. The monoisotopic (exact) mass is 350 g/mol. The van der Waals surface area contributed by atoms with E-state index >= 15 is 0 Å². The molecule has 3 heterocycles. The predicted molar refractivity (Wildman–Crippen MR) is 94.8 cm³/mol. The number of hydrogen-bond donors (Lipinski definition) is 1. The van der Waals surface area contributed by atoms with Crippen molar-refractivity contribution in [2.75, 3.05) is 31.5 Å². The molecule has 0 unspecified atom stereocenters. The van der Waals surface area contributed by atoms with Crippen molar-refractivity contribution in [3.05, 3.63) is 11.1 Å². The molecule has 0 saturated carbocycles. The molecule has 2 aliphatic heterocycles. The van der Waals surface area contributed by atoms with Crippen molar-refractivity contribution >= 4 is 28.3 Å². The molecule has 2 fully saturated rings. The van der Waals surface area contributed by atoms with Gasteiger partial charge in [0, 0.05) is 24.9 Å². The SMILES string of the molecule is CC1CCN(Cc2csc(NC(=O)CN3CCCCC3=O)n2)CC1. The quantitative estimate of drug-likeness (QED) is 0.885. The molecule has 0 bridgehead atoms. The summed E-state index contributed by atoms with van der Waals surface area (Å²) in [5.41, 5.74) is 1.01. The number of likely N-dealkylation sites (tertiary alicyclic amines) is 2. The van der Waals surface area contributed by atoms with E-state index in [1.165, 1.54) is 24.2 Å². The van der Waals surface area contributed by atoms with E-state index in [1.54, 1.807) is 4.90 Å². The van der Waals surface area contributed by atoms with Gasteiger partial charge in [-0.05, 0) is 44.7 Å². The van der Waals surface area contributed by atoms with Gasteiger partial charge in [0.15, 0.2) is 5.13 Å². The fourth-order valence-electron chi connectivity index (χ4n) is 3.25. The van der Waals surface area contributed by atoms with Crippen molar-refractivity contribution in [1.29, 1.82) is 0 Å². The Morgan fingerprint density at radius 3 is 2.88 bits per heavy atom. The van der Waals surface area contributed by atoms with Crippen molar-refractivity contribution in [2.24, 2.45) is 5.92 Å². The Morgan fingerprint density at radius 1 is 1.33 bits per heavy atom. The lowest BCUT2D eigenvalue weighted by Gasteiger charge is -2.29. The van der Waals surface area contributed by atoms with Gasteiger partial charge in [0.25, 0.3) is 0 Å². The summed E-state index contributed by atoms with van der Waals surface area (Å²) >= 11 is 1.46. The average Bonchev–Trinajstić information content (AvgIpc) is 2.99. The van der Waals surface area contributed by atoms with Gasteiger partial charge in [-0.15, -0.1) is 11.3 Å². The minimum absolute atomic E-state index is 0.0792. The minimum atomic E-state index is -0.155. The minimum Gasteiger partial charge on any atom is -0.333 e. The van der Waals surface area contributed by atoms with Crippen LogP contribution in [0.1, 0.15) is 44.7 Å². The molecule has 1 aromatic rings. The fraction of sp³-hybridized carbons (Fsp3) is 0.706. The molecule has 0 radical (unpaired) electrons. The maximum Gasteiger partial charge on any atom is 0.245 e. The molecule has 7 heteroatoms. The summed E-state index contributed by atoms with van der Waals surface area (Å²) in [4.78, 5) is 32.5. The zero-order valence-electron chi connectivity index (χ0n) is 14.3. The number of amides is 2. The van der Waals surface area contributed by atoms with Gasteiger partial charge < -0.3 is 10.2 Å². The summed E-state index contributed by atoms with van der Waals surface area (Å²) in [7, 11) is 0. The Balaban J connectivity index is 1.46. The second kappa shape index (κ2) is 8.07. The predicted octanol–water partition coefficient (Wildman–Crippen LogP) is 2.33. The third kappa shape index (κ3) is 4.77. The van der Waals surface area contributed by atoms with Crippen LogP contribution in [0.2, 0.25) is 0 Å². The molecule has 0 aliphatic carbocycles.